The van der Waals surface area contributed by atoms with E-state index in [0.29, 0.717) is 36.2 Å². The first kappa shape index (κ1) is 19.6. The molecule has 1 aliphatic heterocycles. The van der Waals surface area contributed by atoms with Crippen molar-refractivity contribution in [1.29, 1.82) is 0 Å². The largest absolute Gasteiger partial charge is 0.481 e. The molecule has 1 saturated carbocycles. The molecule has 2 amide bonds. The van der Waals surface area contributed by atoms with E-state index in [1.54, 1.807) is 14.0 Å². The first-order valence-electron chi connectivity index (χ1n) is 9.82. The lowest BCUT2D eigenvalue weighted by atomic mass is 10.1. The fourth-order valence-electron chi connectivity index (χ4n) is 3.78. The molecule has 2 heterocycles. The Morgan fingerprint density at radius 1 is 1.41 bits per heavy atom. The number of amides is 2. The van der Waals surface area contributed by atoms with Crippen molar-refractivity contribution in [3.63, 3.8) is 0 Å². The van der Waals surface area contributed by atoms with Crippen LogP contribution in [0.15, 0.2) is 6.07 Å². The van der Waals surface area contributed by atoms with Crippen LogP contribution in [-0.4, -0.2) is 47.6 Å². The van der Waals surface area contributed by atoms with Gasteiger partial charge in [0.15, 0.2) is 0 Å². The number of ether oxygens (including phenoxy) is 2. The van der Waals surface area contributed by atoms with Gasteiger partial charge in [-0.25, -0.2) is 4.98 Å². The van der Waals surface area contributed by atoms with Crippen LogP contribution in [0.1, 0.15) is 67.6 Å². The second-order valence-electron chi connectivity index (χ2n) is 7.25. The molecule has 1 aliphatic carbocycles. The molecular formula is C20H29N3O4. The number of fused-ring (bicyclic) bond motifs is 1. The molecule has 0 aromatic carbocycles. The average Bonchev–Trinajstić information content (AvgIpc) is 3.31. The Morgan fingerprint density at radius 2 is 2.15 bits per heavy atom. The number of aromatic nitrogens is 1. The zero-order chi connectivity index (χ0) is 19.4. The van der Waals surface area contributed by atoms with Gasteiger partial charge in [0.1, 0.15) is 6.10 Å². The van der Waals surface area contributed by atoms with E-state index in [2.05, 4.69) is 10.3 Å². The molecule has 1 aromatic heterocycles. The van der Waals surface area contributed by atoms with Crippen molar-refractivity contribution in [1.82, 2.24) is 15.2 Å². The molecule has 1 atom stereocenters. The molecule has 0 radical (unpaired) electrons. The fourth-order valence-corrected chi connectivity index (χ4v) is 3.78. The lowest BCUT2D eigenvalue weighted by molar-refractivity contribution is -0.131. The van der Waals surface area contributed by atoms with Crippen molar-refractivity contribution in [3.8, 4) is 5.88 Å². The molecule has 1 fully saturated rings. The van der Waals surface area contributed by atoms with Crippen LogP contribution in [0.25, 0.3) is 0 Å². The Hall–Kier alpha value is -2.15. The number of hydrogen-bond acceptors (Lipinski definition) is 5. The van der Waals surface area contributed by atoms with E-state index in [-0.39, 0.29) is 18.4 Å². The highest BCUT2D eigenvalue weighted by molar-refractivity contribution is 5.98. The molecular weight excluding hydrogens is 346 g/mol. The molecule has 7 heteroatoms. The van der Waals surface area contributed by atoms with Gasteiger partial charge in [0.05, 0.1) is 24.9 Å². The minimum atomic E-state index is -0.516. The number of nitrogens with one attached hydrogen (secondary N) is 1. The van der Waals surface area contributed by atoms with Gasteiger partial charge in [-0.3, -0.25) is 9.59 Å². The topological polar surface area (TPSA) is 80.8 Å². The molecule has 7 nitrogen and oxygen atoms in total. The molecule has 1 N–H and O–H groups in total. The Balaban J connectivity index is 1.70. The summed E-state index contributed by atoms with van der Waals surface area (Å²) < 4.78 is 10.8. The van der Waals surface area contributed by atoms with Gasteiger partial charge in [0.2, 0.25) is 11.8 Å². The predicted molar refractivity (Wildman–Crippen MR) is 100 cm³/mol. The van der Waals surface area contributed by atoms with Gasteiger partial charge in [0.25, 0.3) is 5.91 Å². The zero-order valence-electron chi connectivity index (χ0n) is 16.4. The Morgan fingerprint density at radius 3 is 2.81 bits per heavy atom. The standard InChI is InChI=1S/C20H29N3O4/c1-4-9-27-13(2)18(24)21-11-14-10-16-17(22-19(14)26-3)12-23(20(16)25)15-7-5-6-8-15/h10,13,15H,4-9,11-12H2,1-3H3,(H,21,24)/t13-/m0/s1. The zero-order valence-corrected chi connectivity index (χ0v) is 16.4. The second kappa shape index (κ2) is 8.69. The number of pyridine rings is 1. The van der Waals surface area contributed by atoms with Crippen LogP contribution >= 0.6 is 0 Å². The van der Waals surface area contributed by atoms with Gasteiger partial charge in [-0.15, -0.1) is 0 Å². The molecule has 0 spiro atoms. The summed E-state index contributed by atoms with van der Waals surface area (Å²) in [7, 11) is 1.55. The Kier molecular flexibility index (Phi) is 6.31. The third-order valence-electron chi connectivity index (χ3n) is 5.31. The van der Waals surface area contributed by atoms with Gasteiger partial charge in [-0.05, 0) is 32.3 Å². The summed E-state index contributed by atoms with van der Waals surface area (Å²) in [4.78, 5) is 31.5. The third-order valence-corrected chi connectivity index (χ3v) is 5.31. The monoisotopic (exact) mass is 375 g/mol. The molecule has 0 unspecified atom stereocenters. The van der Waals surface area contributed by atoms with Crippen LogP contribution in [0.2, 0.25) is 0 Å². The molecule has 0 saturated heterocycles. The summed E-state index contributed by atoms with van der Waals surface area (Å²) in [5, 5.41) is 2.85. The number of hydrogen-bond donors (Lipinski definition) is 1. The van der Waals surface area contributed by atoms with Crippen molar-refractivity contribution >= 4 is 11.8 Å². The van der Waals surface area contributed by atoms with Crippen molar-refractivity contribution < 1.29 is 19.1 Å². The van der Waals surface area contributed by atoms with Gasteiger partial charge < -0.3 is 19.7 Å². The quantitative estimate of drug-likeness (QED) is 0.755. The number of rotatable bonds is 8. The number of carbonyl (C=O) groups is 2. The van der Waals surface area contributed by atoms with Crippen LogP contribution in [0.4, 0.5) is 0 Å². The fraction of sp³-hybridized carbons (Fsp3) is 0.650. The maximum Gasteiger partial charge on any atom is 0.256 e. The highest BCUT2D eigenvalue weighted by Gasteiger charge is 2.36. The van der Waals surface area contributed by atoms with E-state index in [4.69, 9.17) is 9.47 Å². The number of nitrogens with zero attached hydrogens (tertiary/aromatic N) is 2. The van der Waals surface area contributed by atoms with Crippen molar-refractivity contribution in [3.05, 3.63) is 22.9 Å². The summed E-state index contributed by atoms with van der Waals surface area (Å²) in [6.45, 7) is 5.07. The summed E-state index contributed by atoms with van der Waals surface area (Å²) in [6.07, 6.45) is 4.83. The summed E-state index contributed by atoms with van der Waals surface area (Å²) in [6, 6.07) is 2.13. The molecule has 0 bridgehead atoms. The minimum absolute atomic E-state index is 0.0410. The smallest absolute Gasteiger partial charge is 0.256 e. The summed E-state index contributed by atoms with van der Waals surface area (Å²) in [5.41, 5.74) is 2.09. The van der Waals surface area contributed by atoms with Gasteiger partial charge in [-0.1, -0.05) is 19.8 Å². The van der Waals surface area contributed by atoms with E-state index >= 15 is 0 Å². The van der Waals surface area contributed by atoms with Gasteiger partial charge >= 0.3 is 0 Å². The SMILES string of the molecule is CCCO[C@@H](C)C(=O)NCc1cc2c(nc1OC)CN(C1CCCC1)C2=O. The van der Waals surface area contributed by atoms with Crippen LogP contribution in [0, 0.1) is 0 Å². The van der Waals surface area contributed by atoms with E-state index in [1.807, 2.05) is 17.9 Å². The number of carbonyl (C=O) groups excluding carboxylic acids is 2. The van der Waals surface area contributed by atoms with Crippen molar-refractivity contribution in [2.24, 2.45) is 0 Å². The van der Waals surface area contributed by atoms with Crippen LogP contribution in [0.3, 0.4) is 0 Å². The van der Waals surface area contributed by atoms with Crippen molar-refractivity contribution in [2.75, 3.05) is 13.7 Å². The first-order chi connectivity index (χ1) is 13.0. The molecule has 148 valence electrons. The lowest BCUT2D eigenvalue weighted by Crippen LogP contribution is -2.34. The van der Waals surface area contributed by atoms with Gasteiger partial charge in [0, 0.05) is 24.8 Å². The average molecular weight is 375 g/mol. The van der Waals surface area contributed by atoms with E-state index < -0.39 is 6.10 Å². The van der Waals surface area contributed by atoms with E-state index in [1.165, 1.54) is 12.8 Å². The predicted octanol–water partition coefficient (Wildman–Crippen LogP) is 2.42. The lowest BCUT2D eigenvalue weighted by Gasteiger charge is -2.22. The summed E-state index contributed by atoms with van der Waals surface area (Å²) >= 11 is 0. The normalized spacial score (nSPS) is 17.9. The van der Waals surface area contributed by atoms with E-state index in [0.717, 1.165) is 25.0 Å². The summed E-state index contributed by atoms with van der Waals surface area (Å²) in [5.74, 6) is 0.307. The highest BCUT2D eigenvalue weighted by Crippen LogP contribution is 2.33. The first-order valence-corrected chi connectivity index (χ1v) is 9.82. The van der Waals surface area contributed by atoms with Gasteiger partial charge in [-0.2, -0.15) is 0 Å². The number of methoxy groups -OCH3 is 1. The van der Waals surface area contributed by atoms with Crippen LogP contribution in [0.5, 0.6) is 5.88 Å². The maximum absolute atomic E-state index is 12.8. The van der Waals surface area contributed by atoms with E-state index in [9.17, 15) is 9.59 Å². The maximum atomic E-state index is 12.8. The molecule has 2 aliphatic rings. The van der Waals surface area contributed by atoms with Crippen LogP contribution < -0.4 is 10.1 Å². The Bertz CT molecular complexity index is 701. The Labute approximate surface area is 160 Å². The third kappa shape index (κ3) is 4.24. The second-order valence-corrected chi connectivity index (χ2v) is 7.25. The molecule has 1 aromatic rings. The molecule has 3 rings (SSSR count). The molecule has 27 heavy (non-hydrogen) atoms. The van der Waals surface area contributed by atoms with Crippen LogP contribution in [-0.2, 0) is 22.6 Å². The highest BCUT2D eigenvalue weighted by atomic mass is 16.5. The minimum Gasteiger partial charge on any atom is -0.481 e. The van der Waals surface area contributed by atoms with Crippen molar-refractivity contribution in [2.45, 2.75) is 71.2 Å².